The average Bonchev–Trinajstić information content (AvgIpc) is 3.10. The van der Waals surface area contributed by atoms with Crippen LogP contribution in [0, 0.1) is 0 Å². The number of ether oxygens (including phenoxy) is 3. The zero-order valence-electron chi connectivity index (χ0n) is 12.9. The Morgan fingerprint density at radius 2 is 1.88 bits per heavy atom. The molecule has 2 aliphatic heterocycles. The standard InChI is InChI=1S/C16H16N4O4/c21-16(20-5-7-22-8-6-20)12-2-4-15(19-18-12)17-11-1-3-13-14(9-11)24-10-23-13/h1-4,9H,5-8,10H2,(H,17,19). The summed E-state index contributed by atoms with van der Waals surface area (Å²) in [6.45, 7) is 2.51. The third-order valence-corrected chi connectivity index (χ3v) is 3.83. The van der Waals surface area contributed by atoms with Gasteiger partial charge in [0.2, 0.25) is 6.79 Å². The van der Waals surface area contributed by atoms with Crippen LogP contribution >= 0.6 is 0 Å². The van der Waals surface area contributed by atoms with Crippen LogP contribution in [-0.4, -0.2) is 54.1 Å². The van der Waals surface area contributed by atoms with Gasteiger partial charge in [-0.1, -0.05) is 0 Å². The summed E-state index contributed by atoms with van der Waals surface area (Å²) in [5.41, 5.74) is 1.13. The van der Waals surface area contributed by atoms with Crippen molar-refractivity contribution in [1.29, 1.82) is 0 Å². The molecule has 0 spiro atoms. The lowest BCUT2D eigenvalue weighted by Gasteiger charge is -2.26. The van der Waals surface area contributed by atoms with E-state index in [4.69, 9.17) is 14.2 Å². The number of fused-ring (bicyclic) bond motifs is 1. The monoisotopic (exact) mass is 328 g/mol. The van der Waals surface area contributed by atoms with Gasteiger partial charge in [0.05, 0.1) is 13.2 Å². The molecule has 1 amide bonds. The van der Waals surface area contributed by atoms with Gasteiger partial charge in [-0.05, 0) is 24.3 Å². The largest absolute Gasteiger partial charge is 0.454 e. The van der Waals surface area contributed by atoms with Crippen molar-refractivity contribution in [3.63, 3.8) is 0 Å². The van der Waals surface area contributed by atoms with Crippen molar-refractivity contribution in [1.82, 2.24) is 15.1 Å². The molecule has 0 atom stereocenters. The highest BCUT2D eigenvalue weighted by molar-refractivity contribution is 5.92. The fourth-order valence-electron chi connectivity index (χ4n) is 2.56. The van der Waals surface area contributed by atoms with Gasteiger partial charge < -0.3 is 24.4 Å². The molecule has 0 saturated carbocycles. The van der Waals surface area contributed by atoms with Crippen LogP contribution in [0.25, 0.3) is 0 Å². The SMILES string of the molecule is O=C(c1ccc(Nc2ccc3c(c2)OCO3)nn1)N1CCOCC1. The molecule has 3 heterocycles. The van der Waals surface area contributed by atoms with E-state index in [0.29, 0.717) is 43.6 Å². The van der Waals surface area contributed by atoms with Crippen LogP contribution in [0.2, 0.25) is 0 Å². The minimum Gasteiger partial charge on any atom is -0.454 e. The fraction of sp³-hybridized carbons (Fsp3) is 0.312. The second kappa shape index (κ2) is 6.32. The van der Waals surface area contributed by atoms with Crippen molar-refractivity contribution < 1.29 is 19.0 Å². The molecule has 8 heteroatoms. The second-order valence-corrected chi connectivity index (χ2v) is 5.40. The number of anilines is 2. The molecule has 2 aliphatic rings. The van der Waals surface area contributed by atoms with Crippen LogP contribution in [0.4, 0.5) is 11.5 Å². The molecular formula is C16H16N4O4. The average molecular weight is 328 g/mol. The van der Waals surface area contributed by atoms with Gasteiger partial charge in [0.1, 0.15) is 0 Å². The molecule has 0 bridgehead atoms. The number of benzene rings is 1. The van der Waals surface area contributed by atoms with E-state index < -0.39 is 0 Å². The first-order chi connectivity index (χ1) is 11.8. The predicted octanol–water partition coefficient (Wildman–Crippen LogP) is 1.42. The Hall–Kier alpha value is -2.87. The Morgan fingerprint density at radius 1 is 1.04 bits per heavy atom. The van der Waals surface area contributed by atoms with Crippen molar-refractivity contribution in [3.8, 4) is 11.5 Å². The van der Waals surface area contributed by atoms with Crippen LogP contribution in [0.15, 0.2) is 30.3 Å². The number of rotatable bonds is 3. The van der Waals surface area contributed by atoms with Crippen LogP contribution in [0.3, 0.4) is 0 Å². The minimum absolute atomic E-state index is 0.125. The summed E-state index contributed by atoms with van der Waals surface area (Å²) in [5, 5.41) is 11.2. The van der Waals surface area contributed by atoms with Gasteiger partial charge in [0, 0.05) is 24.8 Å². The number of amides is 1. The molecule has 0 aliphatic carbocycles. The summed E-state index contributed by atoms with van der Waals surface area (Å²) in [6, 6.07) is 8.92. The van der Waals surface area contributed by atoms with E-state index in [2.05, 4.69) is 15.5 Å². The van der Waals surface area contributed by atoms with Gasteiger partial charge in [-0.25, -0.2) is 0 Å². The van der Waals surface area contributed by atoms with E-state index in [1.54, 1.807) is 17.0 Å². The van der Waals surface area contributed by atoms with Crippen LogP contribution in [0.5, 0.6) is 11.5 Å². The fourth-order valence-corrected chi connectivity index (χ4v) is 2.56. The van der Waals surface area contributed by atoms with Crippen molar-refractivity contribution in [2.24, 2.45) is 0 Å². The number of carbonyl (C=O) groups excluding carboxylic acids is 1. The second-order valence-electron chi connectivity index (χ2n) is 5.40. The van der Waals surface area contributed by atoms with Crippen molar-refractivity contribution in [3.05, 3.63) is 36.0 Å². The van der Waals surface area contributed by atoms with Crippen LogP contribution < -0.4 is 14.8 Å². The summed E-state index contributed by atoms with van der Waals surface area (Å²) in [4.78, 5) is 14.0. The number of hydrogen-bond donors (Lipinski definition) is 1. The number of morpholine rings is 1. The molecule has 1 N–H and O–H groups in total. The summed E-state index contributed by atoms with van der Waals surface area (Å²) in [7, 11) is 0. The molecular weight excluding hydrogens is 312 g/mol. The van der Waals surface area contributed by atoms with Gasteiger partial charge in [0.15, 0.2) is 23.0 Å². The van der Waals surface area contributed by atoms with Crippen molar-refractivity contribution in [2.45, 2.75) is 0 Å². The first kappa shape index (κ1) is 14.7. The normalized spacial score (nSPS) is 16.1. The van der Waals surface area contributed by atoms with E-state index >= 15 is 0 Å². The summed E-state index contributed by atoms with van der Waals surface area (Å²) in [5.74, 6) is 1.83. The highest BCUT2D eigenvalue weighted by atomic mass is 16.7. The van der Waals surface area contributed by atoms with Gasteiger partial charge in [-0.2, -0.15) is 0 Å². The number of nitrogens with one attached hydrogen (secondary N) is 1. The number of nitrogens with zero attached hydrogens (tertiary/aromatic N) is 3. The summed E-state index contributed by atoms with van der Waals surface area (Å²) >= 11 is 0. The van der Waals surface area contributed by atoms with E-state index in [-0.39, 0.29) is 12.7 Å². The van der Waals surface area contributed by atoms with Gasteiger partial charge >= 0.3 is 0 Å². The molecule has 2 aromatic rings. The maximum absolute atomic E-state index is 12.3. The number of carbonyl (C=O) groups is 1. The van der Waals surface area contributed by atoms with E-state index in [1.807, 2.05) is 18.2 Å². The molecule has 1 aromatic carbocycles. The van der Waals surface area contributed by atoms with Gasteiger partial charge in [0.25, 0.3) is 5.91 Å². The molecule has 124 valence electrons. The third kappa shape index (κ3) is 2.95. The number of aromatic nitrogens is 2. The highest BCUT2D eigenvalue weighted by Gasteiger charge is 2.20. The minimum atomic E-state index is -0.125. The summed E-state index contributed by atoms with van der Waals surface area (Å²) < 4.78 is 15.9. The Labute approximate surface area is 138 Å². The molecule has 4 rings (SSSR count). The Balaban J connectivity index is 1.44. The molecule has 1 saturated heterocycles. The molecule has 1 aromatic heterocycles. The lowest BCUT2D eigenvalue weighted by atomic mass is 10.2. The maximum Gasteiger partial charge on any atom is 0.274 e. The topological polar surface area (TPSA) is 85.8 Å². The van der Waals surface area contributed by atoms with Crippen molar-refractivity contribution >= 4 is 17.4 Å². The molecule has 0 unspecified atom stereocenters. The maximum atomic E-state index is 12.3. The first-order valence-electron chi connectivity index (χ1n) is 7.67. The first-order valence-corrected chi connectivity index (χ1v) is 7.67. The predicted molar refractivity (Wildman–Crippen MR) is 84.6 cm³/mol. The molecule has 24 heavy (non-hydrogen) atoms. The third-order valence-electron chi connectivity index (χ3n) is 3.83. The van der Waals surface area contributed by atoms with Gasteiger partial charge in [-0.15, -0.1) is 10.2 Å². The smallest absolute Gasteiger partial charge is 0.274 e. The van der Waals surface area contributed by atoms with Crippen LogP contribution in [0.1, 0.15) is 10.5 Å². The Morgan fingerprint density at radius 3 is 2.67 bits per heavy atom. The Bertz CT molecular complexity index is 744. The molecule has 8 nitrogen and oxygen atoms in total. The zero-order valence-corrected chi connectivity index (χ0v) is 12.9. The highest BCUT2D eigenvalue weighted by Crippen LogP contribution is 2.34. The lowest BCUT2D eigenvalue weighted by molar-refractivity contribution is 0.0298. The number of hydrogen-bond acceptors (Lipinski definition) is 7. The van der Waals surface area contributed by atoms with E-state index in [1.165, 1.54) is 0 Å². The Kier molecular flexibility index (Phi) is 3.87. The van der Waals surface area contributed by atoms with E-state index in [9.17, 15) is 4.79 Å². The molecule has 0 radical (unpaired) electrons. The van der Waals surface area contributed by atoms with Crippen LogP contribution in [-0.2, 0) is 4.74 Å². The molecule has 1 fully saturated rings. The van der Waals surface area contributed by atoms with Crippen molar-refractivity contribution in [2.75, 3.05) is 38.4 Å². The quantitative estimate of drug-likeness (QED) is 0.912. The summed E-state index contributed by atoms with van der Waals surface area (Å²) in [6.07, 6.45) is 0. The van der Waals surface area contributed by atoms with E-state index in [0.717, 1.165) is 11.4 Å². The lowest BCUT2D eigenvalue weighted by Crippen LogP contribution is -2.41. The van der Waals surface area contributed by atoms with Gasteiger partial charge in [-0.3, -0.25) is 4.79 Å². The zero-order chi connectivity index (χ0) is 16.4.